The van der Waals surface area contributed by atoms with Gasteiger partial charge in [-0.25, -0.2) is 0 Å². The van der Waals surface area contributed by atoms with Crippen LogP contribution in [0.4, 0.5) is 0 Å². The van der Waals surface area contributed by atoms with Gasteiger partial charge in [0, 0.05) is 19.3 Å². The number of carbonyl (C=O) groups is 1. The molecule has 6 heteroatoms. The molecule has 0 saturated carbocycles. The second kappa shape index (κ2) is 7.38. The van der Waals surface area contributed by atoms with Gasteiger partial charge in [-0.3, -0.25) is 4.79 Å². The highest BCUT2D eigenvalue weighted by Crippen LogP contribution is 2.14. The molecule has 0 heterocycles. The van der Waals surface area contributed by atoms with Crippen molar-refractivity contribution in [2.75, 3.05) is 25.6 Å². The number of oxime groups is 1. The molecule has 0 rings (SSSR count). The lowest BCUT2D eigenvalue weighted by Crippen LogP contribution is -2.43. The summed E-state index contributed by atoms with van der Waals surface area (Å²) in [5, 5.41) is 11.6. The van der Waals surface area contributed by atoms with Crippen molar-refractivity contribution >= 4 is 23.5 Å². The van der Waals surface area contributed by atoms with Crippen LogP contribution >= 0.6 is 11.8 Å². The van der Waals surface area contributed by atoms with Crippen LogP contribution in [-0.2, 0) is 4.79 Å². The maximum absolute atomic E-state index is 12.0. The summed E-state index contributed by atoms with van der Waals surface area (Å²) in [7, 11) is 1.73. The molecule has 0 saturated heterocycles. The monoisotopic (exact) mass is 247 g/mol. The first kappa shape index (κ1) is 15.1. The van der Waals surface area contributed by atoms with E-state index in [-0.39, 0.29) is 17.7 Å². The lowest BCUT2D eigenvalue weighted by Gasteiger charge is -2.25. The molecule has 0 aromatic rings. The number of carbonyl (C=O) groups excluding carboxylic acids is 1. The van der Waals surface area contributed by atoms with Gasteiger partial charge in [-0.1, -0.05) is 19.0 Å². The molecule has 1 amide bonds. The summed E-state index contributed by atoms with van der Waals surface area (Å²) in [6, 6.07) is 0. The van der Waals surface area contributed by atoms with Gasteiger partial charge in [-0.15, -0.1) is 0 Å². The highest BCUT2D eigenvalue weighted by Gasteiger charge is 2.29. The molecule has 94 valence electrons. The molecule has 0 aliphatic carbocycles. The van der Waals surface area contributed by atoms with E-state index in [1.165, 1.54) is 0 Å². The molecule has 1 unspecified atom stereocenters. The number of amides is 1. The fraction of sp³-hybridized carbons (Fsp3) is 0.800. The van der Waals surface area contributed by atoms with Gasteiger partial charge in [0.25, 0.3) is 0 Å². The van der Waals surface area contributed by atoms with E-state index < -0.39 is 5.92 Å². The molecule has 0 aromatic carbocycles. The van der Waals surface area contributed by atoms with E-state index in [0.29, 0.717) is 6.54 Å². The van der Waals surface area contributed by atoms with E-state index in [2.05, 4.69) is 5.16 Å². The first-order valence-electron chi connectivity index (χ1n) is 5.17. The van der Waals surface area contributed by atoms with Gasteiger partial charge >= 0.3 is 0 Å². The quantitative estimate of drug-likeness (QED) is 0.315. The molecule has 0 radical (unpaired) electrons. The smallest absolute Gasteiger partial charge is 0.233 e. The summed E-state index contributed by atoms with van der Waals surface area (Å²) in [6.07, 6.45) is 1.99. The van der Waals surface area contributed by atoms with Crippen LogP contribution in [0.25, 0.3) is 0 Å². The maximum Gasteiger partial charge on any atom is 0.233 e. The molecule has 0 aliphatic heterocycles. The average molecular weight is 247 g/mol. The first-order valence-corrected chi connectivity index (χ1v) is 6.56. The van der Waals surface area contributed by atoms with Gasteiger partial charge in [0.05, 0.1) is 0 Å². The lowest BCUT2D eigenvalue weighted by atomic mass is 9.93. The Labute approximate surface area is 101 Å². The second-order valence-electron chi connectivity index (χ2n) is 4.00. The zero-order valence-electron chi connectivity index (χ0n) is 10.3. The van der Waals surface area contributed by atoms with Gasteiger partial charge in [0.2, 0.25) is 5.91 Å². The van der Waals surface area contributed by atoms with Crippen LogP contribution in [0.2, 0.25) is 0 Å². The minimum absolute atomic E-state index is 0.0140. The van der Waals surface area contributed by atoms with Crippen molar-refractivity contribution in [1.29, 1.82) is 0 Å². The highest BCUT2D eigenvalue weighted by molar-refractivity contribution is 7.98. The zero-order chi connectivity index (χ0) is 12.7. The Hall–Kier alpha value is -0.910. The van der Waals surface area contributed by atoms with Crippen molar-refractivity contribution in [3.8, 4) is 0 Å². The van der Waals surface area contributed by atoms with Crippen LogP contribution in [-0.4, -0.2) is 47.5 Å². The first-order chi connectivity index (χ1) is 7.45. The number of nitrogens with two attached hydrogens (primary N) is 1. The van der Waals surface area contributed by atoms with Gasteiger partial charge < -0.3 is 15.8 Å². The van der Waals surface area contributed by atoms with Crippen LogP contribution < -0.4 is 5.73 Å². The molecule has 0 fully saturated rings. The molecular formula is C10H21N3O2S. The van der Waals surface area contributed by atoms with Crippen molar-refractivity contribution in [2.45, 2.75) is 13.8 Å². The van der Waals surface area contributed by atoms with Crippen LogP contribution in [0.15, 0.2) is 5.16 Å². The van der Waals surface area contributed by atoms with E-state index in [0.717, 1.165) is 5.75 Å². The van der Waals surface area contributed by atoms with Crippen molar-refractivity contribution in [2.24, 2.45) is 22.7 Å². The topological polar surface area (TPSA) is 78.9 Å². The van der Waals surface area contributed by atoms with Crippen LogP contribution in [0, 0.1) is 11.8 Å². The minimum Gasteiger partial charge on any atom is -0.409 e. The Kier molecular flexibility index (Phi) is 6.96. The van der Waals surface area contributed by atoms with E-state index in [4.69, 9.17) is 10.9 Å². The average Bonchev–Trinajstić information content (AvgIpc) is 2.24. The molecule has 5 nitrogen and oxygen atoms in total. The Morgan fingerprint density at radius 2 is 2.12 bits per heavy atom. The third-order valence-electron chi connectivity index (χ3n) is 2.37. The number of thioether (sulfide) groups is 1. The van der Waals surface area contributed by atoms with E-state index >= 15 is 0 Å². The van der Waals surface area contributed by atoms with Crippen molar-refractivity contribution in [1.82, 2.24) is 4.90 Å². The summed E-state index contributed by atoms with van der Waals surface area (Å²) >= 11 is 1.68. The van der Waals surface area contributed by atoms with Gasteiger partial charge in [-0.2, -0.15) is 11.8 Å². The summed E-state index contributed by atoms with van der Waals surface area (Å²) in [4.78, 5) is 13.7. The molecule has 16 heavy (non-hydrogen) atoms. The predicted molar refractivity (Wildman–Crippen MR) is 67.8 cm³/mol. The van der Waals surface area contributed by atoms with E-state index in [9.17, 15) is 4.79 Å². The SMILES string of the molecule is CSCCN(C)C(=O)C(C(N)=NO)C(C)C. The Balaban J connectivity index is 4.62. The fourth-order valence-electron chi connectivity index (χ4n) is 1.39. The van der Waals surface area contributed by atoms with Crippen molar-refractivity contribution in [3.05, 3.63) is 0 Å². The summed E-state index contributed by atoms with van der Waals surface area (Å²) in [5.74, 6) is 0.232. The number of hydrogen-bond donors (Lipinski definition) is 2. The van der Waals surface area contributed by atoms with Crippen LogP contribution in [0.1, 0.15) is 13.8 Å². The molecule has 3 N–H and O–H groups in total. The van der Waals surface area contributed by atoms with Crippen LogP contribution in [0.5, 0.6) is 0 Å². The molecule has 0 aromatic heterocycles. The zero-order valence-corrected chi connectivity index (χ0v) is 11.1. The second-order valence-corrected chi connectivity index (χ2v) is 4.98. The molecule has 0 bridgehead atoms. The third kappa shape index (κ3) is 4.30. The Morgan fingerprint density at radius 1 is 1.56 bits per heavy atom. The largest absolute Gasteiger partial charge is 0.409 e. The van der Waals surface area contributed by atoms with Gasteiger partial charge in [-0.05, 0) is 12.2 Å². The standard InChI is InChI=1S/C10H21N3O2S/c1-7(2)8(9(11)12-15)10(14)13(3)5-6-16-4/h7-8,15H,5-6H2,1-4H3,(H2,11,12). The fourth-order valence-corrected chi connectivity index (χ4v) is 1.85. The Morgan fingerprint density at radius 3 is 2.50 bits per heavy atom. The lowest BCUT2D eigenvalue weighted by molar-refractivity contribution is -0.132. The number of amidine groups is 1. The number of rotatable bonds is 6. The molecule has 0 spiro atoms. The Bertz CT molecular complexity index is 256. The summed E-state index contributed by atoms with van der Waals surface area (Å²) in [6.45, 7) is 4.42. The summed E-state index contributed by atoms with van der Waals surface area (Å²) < 4.78 is 0. The van der Waals surface area contributed by atoms with E-state index in [1.807, 2.05) is 20.1 Å². The normalized spacial score (nSPS) is 13.9. The van der Waals surface area contributed by atoms with Crippen molar-refractivity contribution in [3.63, 3.8) is 0 Å². The third-order valence-corrected chi connectivity index (χ3v) is 2.96. The summed E-state index contributed by atoms with van der Waals surface area (Å²) in [5.41, 5.74) is 5.53. The molecular weight excluding hydrogens is 226 g/mol. The van der Waals surface area contributed by atoms with Gasteiger partial charge in [0.15, 0.2) is 5.84 Å². The number of hydrogen-bond acceptors (Lipinski definition) is 4. The minimum atomic E-state index is -0.545. The van der Waals surface area contributed by atoms with Crippen LogP contribution in [0.3, 0.4) is 0 Å². The van der Waals surface area contributed by atoms with E-state index in [1.54, 1.807) is 23.7 Å². The van der Waals surface area contributed by atoms with Crippen molar-refractivity contribution < 1.29 is 10.0 Å². The maximum atomic E-state index is 12.0. The molecule has 0 aliphatic rings. The molecule has 1 atom stereocenters. The highest BCUT2D eigenvalue weighted by atomic mass is 32.2. The predicted octanol–water partition coefficient (Wildman–Crippen LogP) is 0.826. The number of nitrogens with zero attached hydrogens (tertiary/aromatic N) is 2. The van der Waals surface area contributed by atoms with Gasteiger partial charge in [0.1, 0.15) is 5.92 Å².